The maximum absolute atomic E-state index is 13.1. The van der Waals surface area contributed by atoms with Gasteiger partial charge in [-0.15, -0.1) is 0 Å². The number of hydrogen-bond acceptors (Lipinski definition) is 5. The molecule has 1 saturated heterocycles. The maximum Gasteiger partial charge on any atom is 0.254 e. The number of aromatic nitrogens is 1. The van der Waals surface area contributed by atoms with Crippen molar-refractivity contribution in [3.63, 3.8) is 0 Å². The molecule has 0 N–H and O–H groups in total. The van der Waals surface area contributed by atoms with Gasteiger partial charge >= 0.3 is 0 Å². The lowest BCUT2D eigenvalue weighted by Crippen LogP contribution is -2.55. The van der Waals surface area contributed by atoms with E-state index in [4.69, 9.17) is 21.1 Å². The summed E-state index contributed by atoms with van der Waals surface area (Å²) in [6.07, 6.45) is 3.41. The minimum Gasteiger partial charge on any atom is -0.494 e. The van der Waals surface area contributed by atoms with Crippen molar-refractivity contribution in [3.05, 3.63) is 47.1 Å². The van der Waals surface area contributed by atoms with Gasteiger partial charge in [0.25, 0.3) is 5.91 Å². The second-order valence-corrected chi connectivity index (χ2v) is 7.52. The number of ether oxygens (including phenoxy) is 2. The molecule has 28 heavy (non-hydrogen) atoms. The highest BCUT2D eigenvalue weighted by Gasteiger charge is 2.34. The molecule has 3 heterocycles. The Morgan fingerprint density at radius 3 is 3.11 bits per heavy atom. The van der Waals surface area contributed by atoms with Gasteiger partial charge in [0.05, 0.1) is 24.3 Å². The van der Waals surface area contributed by atoms with Gasteiger partial charge in [-0.25, -0.2) is 4.98 Å². The molecule has 0 saturated carbocycles. The van der Waals surface area contributed by atoms with Crippen molar-refractivity contribution in [1.82, 2.24) is 9.88 Å². The number of halogens is 1. The smallest absolute Gasteiger partial charge is 0.254 e. The largest absolute Gasteiger partial charge is 0.494 e. The molecule has 2 aromatic rings. The molecule has 1 aromatic heterocycles. The standard InChI is InChI=1S/C21H24ClN3O3/c1-2-9-27-18-5-3-4-15(11-18)21(26)24-7-8-25-17(14-24)6-10-28-19-12-16(22)13-23-20(19)25/h3-5,11-13,17H,2,6-10,14H2,1H3. The lowest BCUT2D eigenvalue weighted by Gasteiger charge is -2.41. The molecule has 148 valence electrons. The topological polar surface area (TPSA) is 54.9 Å². The summed E-state index contributed by atoms with van der Waals surface area (Å²) in [5, 5.41) is 0.566. The SMILES string of the molecule is CCCOc1cccc(C(=O)N2CCN3c4ncc(Cl)cc4OCCC3C2)c1. The molecule has 0 radical (unpaired) electrons. The molecule has 7 heteroatoms. The highest BCUT2D eigenvalue weighted by molar-refractivity contribution is 6.30. The first kappa shape index (κ1) is 18.9. The zero-order valence-electron chi connectivity index (χ0n) is 15.9. The van der Waals surface area contributed by atoms with Crippen molar-refractivity contribution in [2.24, 2.45) is 0 Å². The molecule has 0 aliphatic carbocycles. The zero-order chi connectivity index (χ0) is 19.5. The Hall–Kier alpha value is -2.47. The van der Waals surface area contributed by atoms with E-state index in [0.29, 0.717) is 43.4 Å². The van der Waals surface area contributed by atoms with Crippen LogP contribution in [0.4, 0.5) is 5.82 Å². The van der Waals surface area contributed by atoms with Crippen LogP contribution in [-0.2, 0) is 0 Å². The van der Waals surface area contributed by atoms with Crippen LogP contribution >= 0.6 is 11.6 Å². The number of hydrogen-bond donors (Lipinski definition) is 0. The van der Waals surface area contributed by atoms with Crippen LogP contribution < -0.4 is 14.4 Å². The molecule has 1 amide bonds. The van der Waals surface area contributed by atoms with E-state index in [9.17, 15) is 4.79 Å². The molecule has 4 rings (SSSR count). The summed E-state index contributed by atoms with van der Waals surface area (Å²) in [6.45, 7) is 5.29. The van der Waals surface area contributed by atoms with Gasteiger partial charge < -0.3 is 19.3 Å². The predicted octanol–water partition coefficient (Wildman–Crippen LogP) is 3.64. The van der Waals surface area contributed by atoms with Crippen LogP contribution in [-0.4, -0.2) is 54.7 Å². The number of fused-ring (bicyclic) bond motifs is 3. The number of amides is 1. The van der Waals surface area contributed by atoms with Crippen molar-refractivity contribution >= 4 is 23.3 Å². The Bertz CT molecular complexity index is 861. The fraction of sp³-hybridized carbons (Fsp3) is 0.429. The average Bonchev–Trinajstić information content (AvgIpc) is 2.90. The number of piperazine rings is 1. The van der Waals surface area contributed by atoms with Crippen molar-refractivity contribution in [2.45, 2.75) is 25.8 Å². The van der Waals surface area contributed by atoms with Gasteiger partial charge in [0.1, 0.15) is 5.75 Å². The fourth-order valence-electron chi connectivity index (χ4n) is 3.73. The van der Waals surface area contributed by atoms with Crippen molar-refractivity contribution in [3.8, 4) is 11.5 Å². The number of nitrogens with zero attached hydrogens (tertiary/aromatic N) is 3. The van der Waals surface area contributed by atoms with E-state index in [1.807, 2.05) is 35.2 Å². The molecular weight excluding hydrogens is 378 g/mol. The van der Waals surface area contributed by atoms with Gasteiger partial charge in [0.15, 0.2) is 11.6 Å². The molecule has 2 aliphatic heterocycles. The number of anilines is 1. The Balaban J connectivity index is 1.49. The molecule has 1 atom stereocenters. The van der Waals surface area contributed by atoms with Gasteiger partial charge in [-0.1, -0.05) is 24.6 Å². The van der Waals surface area contributed by atoms with Crippen LogP contribution in [0.1, 0.15) is 30.1 Å². The van der Waals surface area contributed by atoms with E-state index in [0.717, 1.165) is 30.2 Å². The van der Waals surface area contributed by atoms with E-state index >= 15 is 0 Å². The summed E-state index contributed by atoms with van der Waals surface area (Å²) in [5.41, 5.74) is 0.664. The van der Waals surface area contributed by atoms with Crippen molar-refractivity contribution < 1.29 is 14.3 Å². The summed E-state index contributed by atoms with van der Waals surface area (Å²) in [7, 11) is 0. The van der Waals surface area contributed by atoms with Crippen LogP contribution in [0.5, 0.6) is 11.5 Å². The van der Waals surface area contributed by atoms with Crippen LogP contribution in [0.3, 0.4) is 0 Å². The molecule has 2 aliphatic rings. The van der Waals surface area contributed by atoms with Crippen molar-refractivity contribution in [2.75, 3.05) is 37.7 Å². The molecule has 6 nitrogen and oxygen atoms in total. The first-order valence-electron chi connectivity index (χ1n) is 9.73. The third kappa shape index (κ3) is 3.87. The van der Waals surface area contributed by atoms with Crippen LogP contribution in [0.25, 0.3) is 0 Å². The van der Waals surface area contributed by atoms with Crippen LogP contribution in [0.15, 0.2) is 36.5 Å². The summed E-state index contributed by atoms with van der Waals surface area (Å²) in [6, 6.07) is 9.43. The van der Waals surface area contributed by atoms with E-state index in [1.165, 1.54) is 0 Å². The Morgan fingerprint density at radius 2 is 2.25 bits per heavy atom. The first-order chi connectivity index (χ1) is 13.7. The van der Waals surface area contributed by atoms with E-state index in [-0.39, 0.29) is 11.9 Å². The highest BCUT2D eigenvalue weighted by atomic mass is 35.5. The molecule has 1 aromatic carbocycles. The Kier molecular flexibility index (Phi) is 5.57. The van der Waals surface area contributed by atoms with E-state index in [2.05, 4.69) is 16.8 Å². The number of rotatable bonds is 4. The summed E-state index contributed by atoms with van der Waals surface area (Å²) < 4.78 is 11.5. The minimum absolute atomic E-state index is 0.0380. The van der Waals surface area contributed by atoms with E-state index in [1.54, 1.807) is 6.20 Å². The third-order valence-corrected chi connectivity index (χ3v) is 5.31. The molecular formula is C21H24ClN3O3. The number of pyridine rings is 1. The Morgan fingerprint density at radius 1 is 1.36 bits per heavy atom. The van der Waals surface area contributed by atoms with Crippen LogP contribution in [0, 0.1) is 0 Å². The summed E-state index contributed by atoms with van der Waals surface area (Å²) in [5.74, 6) is 2.31. The highest BCUT2D eigenvalue weighted by Crippen LogP contribution is 2.34. The fourth-order valence-corrected chi connectivity index (χ4v) is 3.88. The quantitative estimate of drug-likeness (QED) is 0.782. The second kappa shape index (κ2) is 8.27. The van der Waals surface area contributed by atoms with Crippen molar-refractivity contribution in [1.29, 1.82) is 0 Å². The summed E-state index contributed by atoms with van der Waals surface area (Å²) in [4.78, 5) is 21.7. The monoisotopic (exact) mass is 401 g/mol. The minimum atomic E-state index is 0.0380. The molecule has 1 unspecified atom stereocenters. The normalized spacial score (nSPS) is 18.6. The molecule has 0 spiro atoms. The van der Waals surface area contributed by atoms with Gasteiger partial charge in [0, 0.05) is 43.9 Å². The van der Waals surface area contributed by atoms with Gasteiger partial charge in [-0.2, -0.15) is 0 Å². The van der Waals surface area contributed by atoms with Gasteiger partial charge in [0.2, 0.25) is 0 Å². The second-order valence-electron chi connectivity index (χ2n) is 7.09. The summed E-state index contributed by atoms with van der Waals surface area (Å²) >= 11 is 6.06. The Labute approximate surface area is 170 Å². The predicted molar refractivity (Wildman–Crippen MR) is 109 cm³/mol. The zero-order valence-corrected chi connectivity index (χ0v) is 16.7. The molecule has 0 bridgehead atoms. The average molecular weight is 402 g/mol. The van der Waals surface area contributed by atoms with Gasteiger partial charge in [-0.3, -0.25) is 4.79 Å². The number of carbonyl (C=O) groups is 1. The number of carbonyl (C=O) groups excluding carboxylic acids is 1. The van der Waals surface area contributed by atoms with Crippen LogP contribution in [0.2, 0.25) is 5.02 Å². The lowest BCUT2D eigenvalue weighted by molar-refractivity contribution is 0.0717. The third-order valence-electron chi connectivity index (χ3n) is 5.10. The lowest BCUT2D eigenvalue weighted by atomic mass is 10.1. The first-order valence-corrected chi connectivity index (χ1v) is 10.1. The van der Waals surface area contributed by atoms with Gasteiger partial charge in [-0.05, 0) is 24.6 Å². The molecule has 1 fully saturated rings. The maximum atomic E-state index is 13.1. The van der Waals surface area contributed by atoms with E-state index < -0.39 is 0 Å². The number of benzene rings is 1.